The standard InChI is InChI=1S/C12H19N3/c1-6-13-9-14-11-8-15(7-10(11)2)12(3,4)5/h6,9H,1-2,7-8H2,3-5H3/b13-9-,14-11-. The summed E-state index contributed by atoms with van der Waals surface area (Å²) in [5, 5.41) is 0. The lowest BCUT2D eigenvalue weighted by molar-refractivity contribution is 0.189. The van der Waals surface area contributed by atoms with E-state index >= 15 is 0 Å². The van der Waals surface area contributed by atoms with Gasteiger partial charge >= 0.3 is 0 Å². The van der Waals surface area contributed by atoms with Crippen LogP contribution in [0.3, 0.4) is 0 Å². The molecule has 1 aliphatic heterocycles. The van der Waals surface area contributed by atoms with Crippen LogP contribution in [0.25, 0.3) is 0 Å². The first kappa shape index (κ1) is 11.9. The van der Waals surface area contributed by atoms with Crippen molar-refractivity contribution in [2.75, 3.05) is 13.1 Å². The van der Waals surface area contributed by atoms with Crippen LogP contribution in [0, 0.1) is 0 Å². The Bertz CT molecular complexity index is 318. The van der Waals surface area contributed by atoms with Gasteiger partial charge in [0.15, 0.2) is 0 Å². The zero-order chi connectivity index (χ0) is 11.5. The van der Waals surface area contributed by atoms with Crippen LogP contribution in [0.2, 0.25) is 0 Å². The minimum atomic E-state index is 0.162. The summed E-state index contributed by atoms with van der Waals surface area (Å²) in [5.74, 6) is 0. The summed E-state index contributed by atoms with van der Waals surface area (Å²) in [6.45, 7) is 15.8. The molecule has 1 aliphatic rings. The van der Waals surface area contributed by atoms with Gasteiger partial charge in [-0.25, -0.2) is 9.98 Å². The molecule has 1 rings (SSSR count). The highest BCUT2D eigenvalue weighted by Crippen LogP contribution is 2.21. The molecule has 3 nitrogen and oxygen atoms in total. The number of aliphatic imine (C=N–C) groups is 2. The second-order valence-electron chi connectivity index (χ2n) is 4.65. The second kappa shape index (κ2) is 4.53. The third-order valence-electron chi connectivity index (χ3n) is 2.46. The first-order valence-electron chi connectivity index (χ1n) is 5.07. The van der Waals surface area contributed by atoms with Crippen molar-refractivity contribution < 1.29 is 0 Å². The van der Waals surface area contributed by atoms with Crippen LogP contribution >= 0.6 is 0 Å². The molecule has 0 saturated carbocycles. The Morgan fingerprint density at radius 1 is 1.33 bits per heavy atom. The first-order chi connectivity index (χ1) is 6.95. The smallest absolute Gasteiger partial charge is 0.115 e. The molecule has 0 N–H and O–H groups in total. The van der Waals surface area contributed by atoms with E-state index in [1.54, 1.807) is 0 Å². The molecule has 0 amide bonds. The van der Waals surface area contributed by atoms with Gasteiger partial charge in [-0.3, -0.25) is 4.90 Å². The van der Waals surface area contributed by atoms with E-state index in [0.29, 0.717) is 0 Å². The van der Waals surface area contributed by atoms with Gasteiger partial charge in [0.2, 0.25) is 0 Å². The highest BCUT2D eigenvalue weighted by molar-refractivity contribution is 6.06. The molecule has 1 heterocycles. The van der Waals surface area contributed by atoms with Crippen molar-refractivity contribution in [3.05, 3.63) is 24.9 Å². The molecule has 0 bridgehead atoms. The van der Waals surface area contributed by atoms with Crippen LogP contribution in [0.4, 0.5) is 0 Å². The average Bonchev–Trinajstić information content (AvgIpc) is 2.48. The van der Waals surface area contributed by atoms with E-state index in [9.17, 15) is 0 Å². The number of nitrogens with zero attached hydrogens (tertiary/aromatic N) is 3. The summed E-state index contributed by atoms with van der Waals surface area (Å²) in [6, 6.07) is 0. The molecule has 3 heteroatoms. The summed E-state index contributed by atoms with van der Waals surface area (Å²) < 4.78 is 0. The summed E-state index contributed by atoms with van der Waals surface area (Å²) in [5.41, 5.74) is 2.27. The molecule has 0 spiro atoms. The molecule has 1 fully saturated rings. The van der Waals surface area contributed by atoms with E-state index in [1.165, 1.54) is 12.5 Å². The second-order valence-corrected chi connectivity index (χ2v) is 4.65. The van der Waals surface area contributed by atoms with Crippen molar-refractivity contribution in [1.82, 2.24) is 4.90 Å². The minimum Gasteiger partial charge on any atom is -0.288 e. The Kier molecular flexibility index (Phi) is 3.58. The maximum Gasteiger partial charge on any atom is 0.115 e. The molecule has 0 aromatic carbocycles. The Balaban J connectivity index is 2.73. The van der Waals surface area contributed by atoms with E-state index < -0.39 is 0 Å². The van der Waals surface area contributed by atoms with Gasteiger partial charge in [-0.05, 0) is 26.3 Å². The molecule has 0 radical (unpaired) electrons. The van der Waals surface area contributed by atoms with Crippen molar-refractivity contribution in [2.45, 2.75) is 26.3 Å². The van der Waals surface area contributed by atoms with Crippen molar-refractivity contribution in [1.29, 1.82) is 0 Å². The van der Waals surface area contributed by atoms with Crippen LogP contribution in [0.5, 0.6) is 0 Å². The van der Waals surface area contributed by atoms with Crippen molar-refractivity contribution in [3.63, 3.8) is 0 Å². The molecule has 0 unspecified atom stereocenters. The zero-order valence-corrected chi connectivity index (χ0v) is 9.82. The third-order valence-corrected chi connectivity index (χ3v) is 2.46. The Morgan fingerprint density at radius 3 is 2.47 bits per heavy atom. The summed E-state index contributed by atoms with van der Waals surface area (Å²) >= 11 is 0. The minimum absolute atomic E-state index is 0.162. The quantitative estimate of drug-likeness (QED) is 0.502. The molecule has 0 aromatic heterocycles. The van der Waals surface area contributed by atoms with Crippen molar-refractivity contribution in [2.24, 2.45) is 9.98 Å². The average molecular weight is 205 g/mol. The van der Waals surface area contributed by atoms with Gasteiger partial charge in [-0.1, -0.05) is 13.2 Å². The zero-order valence-electron chi connectivity index (χ0n) is 9.82. The van der Waals surface area contributed by atoms with Gasteiger partial charge in [-0.15, -0.1) is 0 Å². The summed E-state index contributed by atoms with van der Waals surface area (Å²) in [4.78, 5) is 10.5. The lowest BCUT2D eigenvalue weighted by Crippen LogP contribution is -2.39. The first-order valence-corrected chi connectivity index (χ1v) is 5.07. The third kappa shape index (κ3) is 3.13. The number of hydrogen-bond acceptors (Lipinski definition) is 2. The van der Waals surface area contributed by atoms with Gasteiger partial charge in [-0.2, -0.15) is 0 Å². The molecular weight excluding hydrogens is 186 g/mol. The van der Waals surface area contributed by atoms with Crippen LogP contribution < -0.4 is 0 Å². The molecule has 0 aromatic rings. The van der Waals surface area contributed by atoms with Gasteiger partial charge < -0.3 is 0 Å². The van der Waals surface area contributed by atoms with Crippen molar-refractivity contribution >= 4 is 12.1 Å². The number of rotatable bonds is 2. The summed E-state index contributed by atoms with van der Waals surface area (Å²) in [7, 11) is 0. The van der Waals surface area contributed by atoms with E-state index in [1.807, 2.05) is 0 Å². The fourth-order valence-electron chi connectivity index (χ4n) is 1.43. The van der Waals surface area contributed by atoms with Crippen LogP contribution in [0.1, 0.15) is 20.8 Å². The van der Waals surface area contributed by atoms with E-state index in [4.69, 9.17) is 0 Å². The van der Waals surface area contributed by atoms with Crippen LogP contribution in [0.15, 0.2) is 34.9 Å². The SMILES string of the molecule is C=C/N=C\N=C1\CN(C(C)(C)C)CC1=C. The fraction of sp³-hybridized carbons (Fsp3) is 0.500. The predicted molar refractivity (Wildman–Crippen MR) is 66.6 cm³/mol. The summed E-state index contributed by atoms with van der Waals surface area (Å²) in [6.07, 6.45) is 3.00. The van der Waals surface area contributed by atoms with Gasteiger partial charge in [0, 0.05) is 24.8 Å². The highest BCUT2D eigenvalue weighted by atomic mass is 15.2. The van der Waals surface area contributed by atoms with E-state index in [-0.39, 0.29) is 5.54 Å². The number of hydrogen-bond donors (Lipinski definition) is 0. The number of likely N-dealkylation sites (tertiary alicyclic amines) is 1. The van der Waals surface area contributed by atoms with Crippen molar-refractivity contribution in [3.8, 4) is 0 Å². The Hall–Kier alpha value is -1.22. The van der Waals surface area contributed by atoms with Crippen LogP contribution in [-0.4, -0.2) is 35.6 Å². The lowest BCUT2D eigenvalue weighted by atomic mass is 10.1. The van der Waals surface area contributed by atoms with Gasteiger partial charge in [0.1, 0.15) is 6.34 Å². The maximum absolute atomic E-state index is 4.27. The van der Waals surface area contributed by atoms with Gasteiger partial charge in [0.05, 0.1) is 5.71 Å². The van der Waals surface area contributed by atoms with Gasteiger partial charge in [0.25, 0.3) is 0 Å². The molecular formula is C12H19N3. The Morgan fingerprint density at radius 2 is 2.00 bits per heavy atom. The molecule has 82 valence electrons. The van der Waals surface area contributed by atoms with E-state index in [0.717, 1.165) is 24.4 Å². The monoisotopic (exact) mass is 205 g/mol. The predicted octanol–water partition coefficient (Wildman–Crippen LogP) is 2.27. The molecule has 1 saturated heterocycles. The lowest BCUT2D eigenvalue weighted by Gasteiger charge is -2.30. The largest absolute Gasteiger partial charge is 0.288 e. The topological polar surface area (TPSA) is 28.0 Å². The molecule has 15 heavy (non-hydrogen) atoms. The van der Waals surface area contributed by atoms with E-state index in [2.05, 4.69) is 48.8 Å². The fourth-order valence-corrected chi connectivity index (χ4v) is 1.43. The normalized spacial score (nSPS) is 21.8. The molecule has 0 aliphatic carbocycles. The maximum atomic E-state index is 4.27. The highest BCUT2D eigenvalue weighted by Gasteiger charge is 2.29. The Labute approximate surface area is 91.9 Å². The molecule has 0 atom stereocenters. The van der Waals surface area contributed by atoms with Crippen LogP contribution in [-0.2, 0) is 0 Å².